The smallest absolute Gasteiger partial charge is 0.300 e. The molecule has 0 atom stereocenters. The van der Waals surface area contributed by atoms with Crippen LogP contribution in [-0.4, -0.2) is 22.2 Å². The van der Waals surface area contributed by atoms with Crippen LogP contribution in [0.15, 0.2) is 12.2 Å². The number of carbonyl (C=O) groups is 2. The molecule has 0 bridgehead atoms. The zero-order valence-electron chi connectivity index (χ0n) is 17.1. The fourth-order valence-electron chi connectivity index (χ4n) is 1.92. The van der Waals surface area contributed by atoms with Crippen LogP contribution in [0.25, 0.3) is 0 Å². The van der Waals surface area contributed by atoms with Crippen molar-refractivity contribution in [3.8, 4) is 0 Å². The van der Waals surface area contributed by atoms with E-state index >= 15 is 0 Å². The van der Waals surface area contributed by atoms with Gasteiger partial charge in [-0.05, 0) is 19.8 Å². The van der Waals surface area contributed by atoms with Crippen molar-refractivity contribution in [2.45, 2.75) is 98.3 Å². The average Bonchev–Trinajstić information content (AvgIpc) is 2.43. The first-order valence-electron chi connectivity index (χ1n) is 8.88. The van der Waals surface area contributed by atoms with Crippen LogP contribution in [0, 0.1) is 0 Å². The monoisotopic (exact) mass is 364 g/mol. The van der Waals surface area contributed by atoms with E-state index in [9.17, 15) is 0 Å². The van der Waals surface area contributed by atoms with Gasteiger partial charge in [-0.25, -0.2) is 0 Å². The summed E-state index contributed by atoms with van der Waals surface area (Å²) in [5.74, 6) is -1.67. The summed E-state index contributed by atoms with van der Waals surface area (Å²) in [5.41, 5.74) is 0. The second kappa shape index (κ2) is 34.0. The summed E-state index contributed by atoms with van der Waals surface area (Å²) in [6, 6.07) is 0. The van der Waals surface area contributed by atoms with Gasteiger partial charge < -0.3 is 22.5 Å². The highest BCUT2D eigenvalue weighted by Crippen LogP contribution is 2.11. The molecular formula is C19H44N2O4. The molecule has 0 radical (unpaired) electrons. The summed E-state index contributed by atoms with van der Waals surface area (Å²) >= 11 is 0. The highest BCUT2D eigenvalue weighted by Gasteiger charge is 1.91. The van der Waals surface area contributed by atoms with Gasteiger partial charge >= 0.3 is 0 Å². The van der Waals surface area contributed by atoms with E-state index in [0.29, 0.717) is 0 Å². The van der Waals surface area contributed by atoms with Crippen molar-refractivity contribution in [3.63, 3.8) is 0 Å². The highest BCUT2D eigenvalue weighted by molar-refractivity contribution is 5.63. The molecule has 0 aromatic rings. The first-order valence-corrected chi connectivity index (χ1v) is 8.88. The first-order chi connectivity index (χ1) is 10.9. The van der Waals surface area contributed by atoms with Crippen LogP contribution in [0.2, 0.25) is 0 Å². The molecule has 0 spiro atoms. The van der Waals surface area contributed by atoms with Crippen LogP contribution in [-0.2, 0) is 9.59 Å². The van der Waals surface area contributed by atoms with Crippen LogP contribution < -0.4 is 12.3 Å². The zero-order valence-corrected chi connectivity index (χ0v) is 17.1. The molecule has 0 aliphatic rings. The minimum absolute atomic E-state index is 0. The van der Waals surface area contributed by atoms with Crippen molar-refractivity contribution in [2.24, 2.45) is 0 Å². The number of rotatable bonds is 11. The number of unbranched alkanes of at least 4 members (excludes halogenated alkanes) is 10. The number of carboxylic acid groups (broad SMARTS) is 2. The van der Waals surface area contributed by atoms with Gasteiger partial charge in [0.2, 0.25) is 0 Å². The maximum atomic E-state index is 9.00. The maximum Gasteiger partial charge on any atom is 0.300 e. The van der Waals surface area contributed by atoms with Gasteiger partial charge in [-0.3, -0.25) is 9.59 Å². The van der Waals surface area contributed by atoms with E-state index in [1.54, 1.807) is 0 Å². The third-order valence-electron chi connectivity index (χ3n) is 2.96. The number of allylic oxidation sites excluding steroid dienone is 2. The molecule has 0 aliphatic heterocycles. The lowest BCUT2D eigenvalue weighted by Gasteiger charge is -2.01. The van der Waals surface area contributed by atoms with E-state index in [1.807, 2.05) is 0 Å². The summed E-state index contributed by atoms with van der Waals surface area (Å²) < 4.78 is 0. The molecule has 6 heteroatoms. The van der Waals surface area contributed by atoms with Gasteiger partial charge in [0.1, 0.15) is 0 Å². The van der Waals surface area contributed by atoms with Crippen molar-refractivity contribution in [1.82, 2.24) is 12.3 Å². The van der Waals surface area contributed by atoms with Crippen molar-refractivity contribution >= 4 is 11.9 Å². The molecule has 0 aromatic carbocycles. The third-order valence-corrected chi connectivity index (χ3v) is 2.96. The number of aliphatic carboxylic acids is 2. The number of hydrogen-bond donors (Lipinski definition) is 4. The number of carboxylic acids is 2. The van der Waals surface area contributed by atoms with Crippen molar-refractivity contribution in [1.29, 1.82) is 0 Å². The van der Waals surface area contributed by atoms with E-state index in [1.165, 1.54) is 70.6 Å². The second-order valence-electron chi connectivity index (χ2n) is 5.58. The van der Waals surface area contributed by atoms with Gasteiger partial charge in [-0.1, -0.05) is 76.9 Å². The Balaban J connectivity index is -0.000000112. The molecule has 0 heterocycles. The Morgan fingerprint density at radius 1 is 0.720 bits per heavy atom. The quantitative estimate of drug-likeness (QED) is 0.247. The van der Waals surface area contributed by atoms with E-state index in [2.05, 4.69) is 26.0 Å². The molecule has 0 rings (SSSR count). The molecule has 0 saturated heterocycles. The van der Waals surface area contributed by atoms with Crippen molar-refractivity contribution in [3.05, 3.63) is 12.2 Å². The molecule has 8 N–H and O–H groups in total. The SMILES string of the molecule is CC(=O)O.CC(=O)O.CC=CCCCCCCCCCCCC.N.N. The molecular weight excluding hydrogens is 320 g/mol. The summed E-state index contributed by atoms with van der Waals surface area (Å²) in [4.78, 5) is 18.0. The zero-order chi connectivity index (χ0) is 18.3. The third kappa shape index (κ3) is 85.4. The Hall–Kier alpha value is -1.40. The molecule has 154 valence electrons. The molecule has 0 amide bonds. The molecule has 0 unspecified atom stereocenters. The highest BCUT2D eigenvalue weighted by atomic mass is 16.4. The van der Waals surface area contributed by atoms with Gasteiger partial charge in [0.05, 0.1) is 0 Å². The van der Waals surface area contributed by atoms with Crippen molar-refractivity contribution < 1.29 is 19.8 Å². The molecule has 0 saturated carbocycles. The molecule has 25 heavy (non-hydrogen) atoms. The lowest BCUT2D eigenvalue weighted by atomic mass is 10.1. The Morgan fingerprint density at radius 2 is 1.00 bits per heavy atom. The Labute approximate surface area is 155 Å². The predicted octanol–water partition coefficient (Wildman–Crippen LogP) is 6.38. The first kappa shape index (κ1) is 34.8. The number of hydrogen-bond acceptors (Lipinski definition) is 4. The van der Waals surface area contributed by atoms with Gasteiger partial charge in [0.15, 0.2) is 0 Å². The fourth-order valence-corrected chi connectivity index (χ4v) is 1.92. The Morgan fingerprint density at radius 3 is 1.28 bits per heavy atom. The van der Waals surface area contributed by atoms with Crippen LogP contribution in [0.3, 0.4) is 0 Å². The van der Waals surface area contributed by atoms with Gasteiger partial charge in [-0.2, -0.15) is 0 Å². The average molecular weight is 365 g/mol. The van der Waals surface area contributed by atoms with Gasteiger partial charge in [0.25, 0.3) is 11.9 Å². The van der Waals surface area contributed by atoms with Gasteiger partial charge in [-0.15, -0.1) is 0 Å². The molecule has 6 nitrogen and oxygen atoms in total. The Bertz CT molecular complexity index is 263. The van der Waals surface area contributed by atoms with Crippen LogP contribution in [0.1, 0.15) is 98.3 Å². The van der Waals surface area contributed by atoms with Crippen LogP contribution in [0.5, 0.6) is 0 Å². The fraction of sp³-hybridized carbons (Fsp3) is 0.789. The molecule has 0 aromatic heterocycles. The predicted molar refractivity (Wildman–Crippen MR) is 108 cm³/mol. The summed E-state index contributed by atoms with van der Waals surface area (Å²) in [6.45, 7) is 6.56. The summed E-state index contributed by atoms with van der Waals surface area (Å²) in [5, 5.41) is 14.8. The standard InChI is InChI=1S/C15H30.2C2H4O2.2H3N/c1-3-5-7-9-11-13-15-14-12-10-8-6-4-2;2*1-2(3)4;;/h3,5H,4,6-15H2,1-2H3;2*1H3,(H,3,4);2*1H3. The molecule has 0 aliphatic carbocycles. The lowest BCUT2D eigenvalue weighted by Crippen LogP contribution is -1.81. The van der Waals surface area contributed by atoms with Crippen molar-refractivity contribution in [2.75, 3.05) is 0 Å². The summed E-state index contributed by atoms with van der Waals surface area (Å²) in [7, 11) is 0. The minimum Gasteiger partial charge on any atom is -0.481 e. The largest absolute Gasteiger partial charge is 0.481 e. The topological polar surface area (TPSA) is 145 Å². The second-order valence-corrected chi connectivity index (χ2v) is 5.58. The van der Waals surface area contributed by atoms with E-state index in [0.717, 1.165) is 13.8 Å². The summed E-state index contributed by atoms with van der Waals surface area (Å²) in [6.07, 6.45) is 20.1. The van der Waals surface area contributed by atoms with E-state index < -0.39 is 11.9 Å². The van der Waals surface area contributed by atoms with E-state index in [-0.39, 0.29) is 12.3 Å². The van der Waals surface area contributed by atoms with E-state index in [4.69, 9.17) is 19.8 Å². The van der Waals surface area contributed by atoms with Gasteiger partial charge in [0, 0.05) is 13.8 Å². The normalized spacial score (nSPS) is 8.80. The lowest BCUT2D eigenvalue weighted by molar-refractivity contribution is -0.135. The minimum atomic E-state index is -0.833. The Kier molecular flexibility index (Phi) is 47.4. The maximum absolute atomic E-state index is 9.00. The van der Waals surface area contributed by atoms with Crippen LogP contribution in [0.4, 0.5) is 0 Å². The molecule has 0 fully saturated rings. The van der Waals surface area contributed by atoms with Crippen LogP contribution >= 0.6 is 0 Å².